The van der Waals surface area contributed by atoms with Crippen molar-refractivity contribution < 1.29 is 18.7 Å². The molecule has 1 atom stereocenters. The Morgan fingerprint density at radius 1 is 1.14 bits per heavy atom. The fourth-order valence-corrected chi connectivity index (χ4v) is 4.93. The lowest BCUT2D eigenvalue weighted by molar-refractivity contribution is -0.135. The molecule has 0 saturated carbocycles. The van der Waals surface area contributed by atoms with Gasteiger partial charge in [-0.05, 0) is 31.2 Å². The summed E-state index contributed by atoms with van der Waals surface area (Å²) in [5.74, 6) is 2.09. The number of morpholine rings is 1. The molecular formula is C20H29N3O4S. The Bertz CT molecular complexity index is 718. The minimum atomic E-state index is -0.393. The van der Waals surface area contributed by atoms with Crippen molar-refractivity contribution in [2.24, 2.45) is 5.41 Å². The van der Waals surface area contributed by atoms with Gasteiger partial charge < -0.3 is 19.0 Å². The maximum absolute atomic E-state index is 13.1. The summed E-state index contributed by atoms with van der Waals surface area (Å²) in [6.07, 6.45) is 3.60. The summed E-state index contributed by atoms with van der Waals surface area (Å²) in [5.41, 5.74) is -0.393. The van der Waals surface area contributed by atoms with E-state index in [1.165, 1.54) is 0 Å². The summed E-state index contributed by atoms with van der Waals surface area (Å²) in [7, 11) is 0. The van der Waals surface area contributed by atoms with E-state index in [2.05, 4.69) is 4.90 Å². The van der Waals surface area contributed by atoms with Crippen LogP contribution >= 0.6 is 11.8 Å². The van der Waals surface area contributed by atoms with E-state index in [0.29, 0.717) is 18.8 Å². The Labute approximate surface area is 170 Å². The first kappa shape index (κ1) is 19.8. The molecule has 1 unspecified atom stereocenters. The largest absolute Gasteiger partial charge is 0.455 e. The molecule has 4 heterocycles. The molecule has 3 aliphatic rings. The molecule has 28 heavy (non-hydrogen) atoms. The third-order valence-corrected chi connectivity index (χ3v) is 6.76. The van der Waals surface area contributed by atoms with E-state index in [-0.39, 0.29) is 11.8 Å². The van der Waals surface area contributed by atoms with Crippen LogP contribution in [0.5, 0.6) is 0 Å². The van der Waals surface area contributed by atoms with Gasteiger partial charge in [0.05, 0.1) is 24.4 Å². The monoisotopic (exact) mass is 407 g/mol. The number of furan rings is 1. The third kappa shape index (κ3) is 3.95. The summed E-state index contributed by atoms with van der Waals surface area (Å²) >= 11 is 1.66. The van der Waals surface area contributed by atoms with Gasteiger partial charge in [-0.1, -0.05) is 0 Å². The fourth-order valence-electron chi connectivity index (χ4n) is 4.49. The van der Waals surface area contributed by atoms with Gasteiger partial charge in [-0.25, -0.2) is 0 Å². The first-order chi connectivity index (χ1) is 13.6. The minimum absolute atomic E-state index is 0.0937. The molecule has 8 heteroatoms. The number of carbonyl (C=O) groups excluding carboxylic acids is 2. The number of thioether (sulfide) groups is 1. The molecule has 0 N–H and O–H groups in total. The molecule has 1 spiro atoms. The molecule has 1 aromatic rings. The van der Waals surface area contributed by atoms with Gasteiger partial charge in [0.25, 0.3) is 5.91 Å². The zero-order chi connectivity index (χ0) is 19.6. The Morgan fingerprint density at radius 2 is 1.93 bits per heavy atom. The standard InChI is InChI=1S/C20H29N3O4S/c1-28-14-16-2-3-17(27-16)18(24)23-7-5-20(15-23)4-6-22(19(20)25)9-8-21-10-12-26-13-11-21/h2-3H,4-15H2,1H3. The van der Waals surface area contributed by atoms with Crippen LogP contribution in [-0.2, 0) is 15.3 Å². The smallest absolute Gasteiger partial charge is 0.289 e. The van der Waals surface area contributed by atoms with Gasteiger partial charge in [0.1, 0.15) is 5.76 Å². The summed E-state index contributed by atoms with van der Waals surface area (Å²) in [4.78, 5) is 32.1. The highest BCUT2D eigenvalue weighted by Gasteiger charge is 2.51. The predicted molar refractivity (Wildman–Crippen MR) is 107 cm³/mol. The summed E-state index contributed by atoms with van der Waals surface area (Å²) in [6.45, 7) is 7.04. The van der Waals surface area contributed by atoms with Crippen LogP contribution in [0.15, 0.2) is 16.5 Å². The van der Waals surface area contributed by atoms with Crippen molar-refractivity contribution in [2.45, 2.75) is 18.6 Å². The number of carbonyl (C=O) groups is 2. The van der Waals surface area contributed by atoms with Gasteiger partial charge in [-0.15, -0.1) is 0 Å². The quantitative estimate of drug-likeness (QED) is 0.713. The van der Waals surface area contributed by atoms with Crippen LogP contribution in [0.2, 0.25) is 0 Å². The first-order valence-electron chi connectivity index (χ1n) is 10.1. The van der Waals surface area contributed by atoms with E-state index in [1.807, 2.05) is 17.2 Å². The second-order valence-electron chi connectivity index (χ2n) is 7.95. The van der Waals surface area contributed by atoms with Crippen molar-refractivity contribution in [3.63, 3.8) is 0 Å². The van der Waals surface area contributed by atoms with Crippen LogP contribution in [-0.4, -0.2) is 91.8 Å². The lowest BCUT2D eigenvalue weighted by Crippen LogP contribution is -2.43. The highest BCUT2D eigenvalue weighted by atomic mass is 32.2. The van der Waals surface area contributed by atoms with Gasteiger partial charge in [0.15, 0.2) is 5.76 Å². The third-order valence-electron chi connectivity index (χ3n) is 6.19. The molecule has 1 aromatic heterocycles. The molecular weight excluding hydrogens is 378 g/mol. The summed E-state index contributed by atoms with van der Waals surface area (Å²) in [6, 6.07) is 3.62. The van der Waals surface area contributed by atoms with E-state index in [4.69, 9.17) is 9.15 Å². The highest BCUT2D eigenvalue weighted by molar-refractivity contribution is 7.97. The number of ether oxygens (including phenoxy) is 1. The van der Waals surface area contributed by atoms with Gasteiger partial charge in [-0.2, -0.15) is 11.8 Å². The lowest BCUT2D eigenvalue weighted by Gasteiger charge is -2.29. The topological polar surface area (TPSA) is 66.2 Å². The highest BCUT2D eigenvalue weighted by Crippen LogP contribution is 2.41. The number of hydrogen-bond acceptors (Lipinski definition) is 6. The second kappa shape index (κ2) is 8.47. The SMILES string of the molecule is CSCc1ccc(C(=O)N2CCC3(CCN(CCN4CCOCC4)C3=O)C2)o1. The predicted octanol–water partition coefficient (Wildman–Crippen LogP) is 1.54. The zero-order valence-corrected chi connectivity index (χ0v) is 17.3. The average Bonchev–Trinajstić information content (AvgIpc) is 3.43. The molecule has 7 nitrogen and oxygen atoms in total. The van der Waals surface area contributed by atoms with E-state index in [1.54, 1.807) is 22.7 Å². The number of amides is 2. The maximum atomic E-state index is 13.1. The Kier molecular flexibility index (Phi) is 5.99. The van der Waals surface area contributed by atoms with Crippen molar-refractivity contribution in [3.8, 4) is 0 Å². The number of rotatable bonds is 6. The fraction of sp³-hybridized carbons (Fsp3) is 0.700. The summed E-state index contributed by atoms with van der Waals surface area (Å²) in [5, 5.41) is 0. The average molecular weight is 408 g/mol. The van der Waals surface area contributed by atoms with Gasteiger partial charge in [-0.3, -0.25) is 14.5 Å². The molecule has 0 aromatic carbocycles. The van der Waals surface area contributed by atoms with Crippen LogP contribution in [0, 0.1) is 5.41 Å². The number of likely N-dealkylation sites (tertiary alicyclic amines) is 2. The van der Waals surface area contributed by atoms with E-state index >= 15 is 0 Å². The van der Waals surface area contributed by atoms with Crippen LogP contribution in [0.25, 0.3) is 0 Å². The van der Waals surface area contributed by atoms with E-state index < -0.39 is 5.41 Å². The molecule has 3 saturated heterocycles. The first-order valence-corrected chi connectivity index (χ1v) is 11.5. The van der Waals surface area contributed by atoms with Crippen LogP contribution < -0.4 is 0 Å². The second-order valence-corrected chi connectivity index (χ2v) is 8.82. The molecule has 4 rings (SSSR count). The van der Waals surface area contributed by atoms with Crippen LogP contribution in [0.4, 0.5) is 0 Å². The Morgan fingerprint density at radius 3 is 2.71 bits per heavy atom. The van der Waals surface area contributed by atoms with Gasteiger partial charge >= 0.3 is 0 Å². The number of nitrogens with zero attached hydrogens (tertiary/aromatic N) is 3. The molecule has 0 aliphatic carbocycles. The van der Waals surface area contributed by atoms with Crippen molar-refractivity contribution in [1.29, 1.82) is 0 Å². The molecule has 0 radical (unpaired) electrons. The normalized spacial score (nSPS) is 26.0. The van der Waals surface area contributed by atoms with E-state index in [0.717, 1.165) is 70.3 Å². The Hall–Kier alpha value is -1.51. The molecule has 0 bridgehead atoms. The number of hydrogen-bond donors (Lipinski definition) is 0. The summed E-state index contributed by atoms with van der Waals surface area (Å²) < 4.78 is 11.1. The molecule has 154 valence electrons. The maximum Gasteiger partial charge on any atom is 0.289 e. The zero-order valence-electron chi connectivity index (χ0n) is 16.5. The van der Waals surface area contributed by atoms with Crippen molar-refractivity contribution in [1.82, 2.24) is 14.7 Å². The van der Waals surface area contributed by atoms with Gasteiger partial charge in [0, 0.05) is 45.8 Å². The van der Waals surface area contributed by atoms with Crippen molar-refractivity contribution >= 4 is 23.6 Å². The van der Waals surface area contributed by atoms with Crippen molar-refractivity contribution in [2.75, 3.05) is 65.3 Å². The van der Waals surface area contributed by atoms with Crippen LogP contribution in [0.3, 0.4) is 0 Å². The minimum Gasteiger partial charge on any atom is -0.455 e. The van der Waals surface area contributed by atoms with Crippen LogP contribution in [0.1, 0.15) is 29.2 Å². The molecule has 2 amide bonds. The Balaban J connectivity index is 1.33. The molecule has 3 aliphatic heterocycles. The van der Waals surface area contributed by atoms with Crippen molar-refractivity contribution in [3.05, 3.63) is 23.7 Å². The van der Waals surface area contributed by atoms with Gasteiger partial charge in [0.2, 0.25) is 5.91 Å². The molecule has 3 fully saturated rings. The van der Waals surface area contributed by atoms with E-state index in [9.17, 15) is 9.59 Å². The lowest BCUT2D eigenvalue weighted by atomic mass is 9.85.